The number of rotatable bonds is 3. The molecule has 0 aromatic heterocycles. The fourth-order valence-electron chi connectivity index (χ4n) is 0.334. The van der Waals surface area contributed by atoms with E-state index in [0.29, 0.717) is 5.70 Å². The molecule has 0 aliphatic rings. The van der Waals surface area contributed by atoms with Crippen LogP contribution in [0.25, 0.3) is 0 Å². The highest BCUT2D eigenvalue weighted by molar-refractivity contribution is 4.89. The second kappa shape index (κ2) is 3.53. The Morgan fingerprint density at radius 1 is 1.86 bits per heavy atom. The summed E-state index contributed by atoms with van der Waals surface area (Å²) in [7, 11) is 0. The summed E-state index contributed by atoms with van der Waals surface area (Å²) in [5.74, 6) is 0. The Hall–Kier alpha value is -0.660. The molecule has 0 rings (SSSR count). The Balaban J connectivity index is 3.17. The minimum absolute atomic E-state index is 0.447. The highest BCUT2D eigenvalue weighted by atomic mass is 16.3. The van der Waals surface area contributed by atoms with Crippen molar-refractivity contribution in [1.82, 2.24) is 0 Å². The van der Waals surface area contributed by atoms with Crippen LogP contribution in [0.1, 0.15) is 19.8 Å². The zero-order valence-electron chi connectivity index (χ0n) is 4.48. The topological polar surface area (TPSA) is 29.4 Å². The maximum Gasteiger partial charge on any atom is 0.0777 e. The van der Waals surface area contributed by atoms with Gasteiger partial charge in [0.2, 0.25) is 0 Å². The van der Waals surface area contributed by atoms with Gasteiger partial charge < -0.3 is 0 Å². The predicted molar refractivity (Wildman–Crippen MR) is 29.8 cm³/mol. The third kappa shape index (κ3) is 3.16. The zero-order valence-corrected chi connectivity index (χ0v) is 4.48. The van der Waals surface area contributed by atoms with E-state index in [-0.39, 0.29) is 0 Å². The Bertz CT molecular complexity index is 78.1. The van der Waals surface area contributed by atoms with Gasteiger partial charge in [0.25, 0.3) is 0 Å². The van der Waals surface area contributed by atoms with Gasteiger partial charge in [-0.25, -0.2) is 0 Å². The minimum atomic E-state index is 0.447. The molecule has 0 unspecified atom stereocenters. The molecular weight excluding hydrogens is 90.1 g/mol. The summed E-state index contributed by atoms with van der Waals surface area (Å²) in [5, 5.41) is 2.63. The van der Waals surface area contributed by atoms with Gasteiger partial charge in [0.15, 0.2) is 0 Å². The van der Waals surface area contributed by atoms with Gasteiger partial charge in [-0.05, 0) is 11.6 Å². The minimum Gasteiger partial charge on any atom is -0.145 e. The van der Waals surface area contributed by atoms with Crippen molar-refractivity contribution in [3.63, 3.8) is 0 Å². The van der Waals surface area contributed by atoms with Crippen molar-refractivity contribution in [2.24, 2.45) is 5.18 Å². The molecule has 0 bridgehead atoms. The van der Waals surface area contributed by atoms with Crippen LogP contribution in [0, 0.1) is 4.91 Å². The van der Waals surface area contributed by atoms with Crippen LogP contribution in [0.5, 0.6) is 0 Å². The molecular formula is C5H9NO. The van der Waals surface area contributed by atoms with Crippen molar-refractivity contribution in [2.75, 3.05) is 0 Å². The van der Waals surface area contributed by atoms with E-state index < -0.39 is 0 Å². The van der Waals surface area contributed by atoms with Gasteiger partial charge >= 0.3 is 0 Å². The first kappa shape index (κ1) is 6.34. The van der Waals surface area contributed by atoms with E-state index >= 15 is 0 Å². The molecule has 0 N–H and O–H groups in total. The standard InChI is InChI=1S/C5H9NO/c1-3-4-5(2)6-7/h2-4H2,1H3. The monoisotopic (exact) mass is 99.1 g/mol. The Kier molecular flexibility index (Phi) is 3.19. The molecule has 0 saturated heterocycles. The summed E-state index contributed by atoms with van der Waals surface area (Å²) < 4.78 is 0. The molecule has 0 aromatic rings. The summed E-state index contributed by atoms with van der Waals surface area (Å²) in [6, 6.07) is 0. The molecule has 7 heavy (non-hydrogen) atoms. The van der Waals surface area contributed by atoms with Gasteiger partial charge in [0.1, 0.15) is 0 Å². The van der Waals surface area contributed by atoms with E-state index in [1.54, 1.807) is 0 Å². The van der Waals surface area contributed by atoms with Crippen molar-refractivity contribution in [3.8, 4) is 0 Å². The lowest BCUT2D eigenvalue weighted by Gasteiger charge is -1.84. The van der Waals surface area contributed by atoms with E-state index in [9.17, 15) is 4.91 Å². The van der Waals surface area contributed by atoms with Crippen LogP contribution in [0.15, 0.2) is 17.5 Å². The fraction of sp³-hybridized carbons (Fsp3) is 0.600. The van der Waals surface area contributed by atoms with E-state index in [2.05, 4.69) is 11.8 Å². The van der Waals surface area contributed by atoms with Crippen molar-refractivity contribution in [2.45, 2.75) is 19.8 Å². The van der Waals surface area contributed by atoms with E-state index in [0.717, 1.165) is 12.8 Å². The quantitative estimate of drug-likeness (QED) is 0.498. The first-order chi connectivity index (χ1) is 3.31. The van der Waals surface area contributed by atoms with E-state index in [4.69, 9.17) is 0 Å². The average Bonchev–Trinajstić information content (AvgIpc) is 1.68. The molecule has 0 atom stereocenters. The van der Waals surface area contributed by atoms with Crippen LogP contribution >= 0.6 is 0 Å². The lowest BCUT2D eigenvalue weighted by atomic mass is 10.3. The van der Waals surface area contributed by atoms with Crippen molar-refractivity contribution in [1.29, 1.82) is 0 Å². The van der Waals surface area contributed by atoms with E-state index in [1.807, 2.05) is 6.92 Å². The number of nitrogens with zero attached hydrogens (tertiary/aromatic N) is 1. The van der Waals surface area contributed by atoms with Crippen LogP contribution in [0.3, 0.4) is 0 Å². The molecule has 0 radical (unpaired) electrons. The third-order valence-electron chi connectivity index (χ3n) is 0.668. The van der Waals surface area contributed by atoms with Gasteiger partial charge in [0.05, 0.1) is 5.70 Å². The van der Waals surface area contributed by atoms with Crippen LogP contribution < -0.4 is 0 Å². The number of hydrogen-bond acceptors (Lipinski definition) is 2. The molecule has 0 saturated carbocycles. The smallest absolute Gasteiger partial charge is 0.0777 e. The maximum atomic E-state index is 9.55. The number of nitroso groups, excluding NO2 is 1. The molecule has 0 aliphatic carbocycles. The molecule has 0 spiro atoms. The summed E-state index contributed by atoms with van der Waals surface area (Å²) in [6.45, 7) is 5.37. The molecule has 40 valence electrons. The summed E-state index contributed by atoms with van der Waals surface area (Å²) in [6.07, 6.45) is 1.67. The zero-order chi connectivity index (χ0) is 5.70. The van der Waals surface area contributed by atoms with Gasteiger partial charge in [-0.1, -0.05) is 19.9 Å². The average molecular weight is 99.1 g/mol. The van der Waals surface area contributed by atoms with Gasteiger partial charge in [-0.15, -0.1) is 4.91 Å². The largest absolute Gasteiger partial charge is 0.145 e. The van der Waals surface area contributed by atoms with Crippen LogP contribution in [0.2, 0.25) is 0 Å². The molecule has 0 aromatic carbocycles. The van der Waals surface area contributed by atoms with Gasteiger partial charge in [0, 0.05) is 0 Å². The van der Waals surface area contributed by atoms with Crippen molar-refractivity contribution in [3.05, 3.63) is 17.2 Å². The molecule has 2 nitrogen and oxygen atoms in total. The maximum absolute atomic E-state index is 9.55. The van der Waals surface area contributed by atoms with Crippen LogP contribution in [-0.4, -0.2) is 0 Å². The van der Waals surface area contributed by atoms with Gasteiger partial charge in [-0.2, -0.15) is 0 Å². The Morgan fingerprint density at radius 3 is 2.57 bits per heavy atom. The summed E-state index contributed by atoms with van der Waals surface area (Å²) in [5.41, 5.74) is 0.447. The Labute approximate surface area is 43.2 Å². The summed E-state index contributed by atoms with van der Waals surface area (Å²) >= 11 is 0. The van der Waals surface area contributed by atoms with Crippen LogP contribution in [0.4, 0.5) is 0 Å². The van der Waals surface area contributed by atoms with Gasteiger partial charge in [-0.3, -0.25) is 0 Å². The lowest BCUT2D eigenvalue weighted by Crippen LogP contribution is -1.69. The van der Waals surface area contributed by atoms with Crippen LogP contribution in [-0.2, 0) is 0 Å². The number of hydrogen-bond donors (Lipinski definition) is 0. The van der Waals surface area contributed by atoms with E-state index in [1.165, 1.54) is 0 Å². The van der Waals surface area contributed by atoms with Crippen molar-refractivity contribution >= 4 is 0 Å². The third-order valence-corrected chi connectivity index (χ3v) is 0.668. The predicted octanol–water partition coefficient (Wildman–Crippen LogP) is 2.07. The first-order valence-electron chi connectivity index (χ1n) is 2.32. The number of allylic oxidation sites excluding steroid dienone is 1. The molecule has 0 aliphatic heterocycles. The highest BCUT2D eigenvalue weighted by Gasteiger charge is 1.85. The first-order valence-corrected chi connectivity index (χ1v) is 2.32. The summed E-state index contributed by atoms with van der Waals surface area (Å²) in [4.78, 5) is 9.55. The van der Waals surface area contributed by atoms with Crippen molar-refractivity contribution < 1.29 is 0 Å². The SMILES string of the molecule is C=C(CCC)N=O. The second-order valence-electron chi connectivity index (χ2n) is 1.41. The highest BCUT2D eigenvalue weighted by Crippen LogP contribution is 2.00. The lowest BCUT2D eigenvalue weighted by molar-refractivity contribution is 0.895. The fourth-order valence-corrected chi connectivity index (χ4v) is 0.334. The molecule has 0 heterocycles. The second-order valence-corrected chi connectivity index (χ2v) is 1.41. The Morgan fingerprint density at radius 2 is 2.43 bits per heavy atom. The molecule has 2 heteroatoms. The molecule has 0 fully saturated rings. The normalized spacial score (nSPS) is 8.14. The molecule has 0 amide bonds.